The smallest absolute Gasteiger partial charge is 0.176 e. The topological polar surface area (TPSA) is 20.3 Å². The summed E-state index contributed by atoms with van der Waals surface area (Å²) in [4.78, 5) is 14.0. The highest BCUT2D eigenvalue weighted by Gasteiger charge is 2.21. The fourth-order valence-electron chi connectivity index (χ4n) is 1.87. The van der Waals surface area contributed by atoms with Crippen LogP contribution < -0.4 is 0 Å². The second-order valence-electron chi connectivity index (χ2n) is 3.97. The summed E-state index contributed by atoms with van der Waals surface area (Å²) >= 11 is 4.41. The van der Waals surface area contributed by atoms with Gasteiger partial charge in [0.25, 0.3) is 0 Å². The van der Waals surface area contributed by atoms with Gasteiger partial charge in [0.15, 0.2) is 5.78 Å². The highest BCUT2D eigenvalue weighted by Crippen LogP contribution is 2.14. The van der Waals surface area contributed by atoms with Crippen LogP contribution in [0.5, 0.6) is 0 Å². The zero-order chi connectivity index (χ0) is 10.7. The Hall–Kier alpha value is -0.800. The van der Waals surface area contributed by atoms with Gasteiger partial charge in [-0.25, -0.2) is 0 Å². The highest BCUT2D eigenvalue weighted by atomic mass is 32.1. The Bertz CT molecular complexity index is 339. The lowest BCUT2D eigenvalue weighted by molar-refractivity contribution is 0.0945. The van der Waals surface area contributed by atoms with Gasteiger partial charge >= 0.3 is 0 Å². The Balaban J connectivity index is 1.93. The molecule has 1 atom stereocenters. The number of hydrogen-bond donors (Lipinski definition) is 1. The number of carbonyl (C=O) groups excluding carboxylic acids is 1. The van der Waals surface area contributed by atoms with Crippen molar-refractivity contribution in [2.75, 3.05) is 19.6 Å². The predicted molar refractivity (Wildman–Crippen MR) is 64.6 cm³/mol. The summed E-state index contributed by atoms with van der Waals surface area (Å²) in [5.41, 5.74) is 0.806. The second-order valence-corrected chi connectivity index (χ2v) is 4.70. The molecule has 15 heavy (non-hydrogen) atoms. The lowest BCUT2D eigenvalue weighted by Crippen LogP contribution is -2.27. The van der Waals surface area contributed by atoms with Crippen molar-refractivity contribution in [3.8, 4) is 0 Å². The fraction of sp³-hybridized carbons (Fsp3) is 0.417. The number of ketones is 1. The summed E-state index contributed by atoms with van der Waals surface area (Å²) in [5, 5.41) is 0.438. The van der Waals surface area contributed by atoms with Gasteiger partial charge in [0.05, 0.1) is 6.54 Å². The molecule has 2 nitrogen and oxygen atoms in total. The van der Waals surface area contributed by atoms with Gasteiger partial charge < -0.3 is 0 Å². The maximum absolute atomic E-state index is 11.8. The van der Waals surface area contributed by atoms with Crippen LogP contribution in [0.15, 0.2) is 30.3 Å². The average Bonchev–Trinajstić information content (AvgIpc) is 2.65. The summed E-state index contributed by atoms with van der Waals surface area (Å²) < 4.78 is 0. The molecule has 1 aromatic carbocycles. The Kier molecular flexibility index (Phi) is 3.44. The van der Waals surface area contributed by atoms with Gasteiger partial charge in [-0.2, -0.15) is 12.6 Å². The first-order valence-electron chi connectivity index (χ1n) is 5.24. The number of hydrogen-bond acceptors (Lipinski definition) is 3. The molecular formula is C12H15NOS. The molecule has 0 saturated carbocycles. The minimum atomic E-state index is 0.207. The van der Waals surface area contributed by atoms with E-state index in [2.05, 4.69) is 17.5 Å². The largest absolute Gasteiger partial charge is 0.295 e. The minimum Gasteiger partial charge on any atom is -0.295 e. The van der Waals surface area contributed by atoms with Crippen LogP contribution in [0.3, 0.4) is 0 Å². The van der Waals surface area contributed by atoms with Gasteiger partial charge in [-0.05, 0) is 13.0 Å². The van der Waals surface area contributed by atoms with Crippen LogP contribution in [-0.2, 0) is 0 Å². The zero-order valence-electron chi connectivity index (χ0n) is 8.60. The summed E-state index contributed by atoms with van der Waals surface area (Å²) in [6.45, 7) is 2.45. The van der Waals surface area contributed by atoms with Gasteiger partial charge in [0, 0.05) is 17.4 Å². The first-order valence-corrected chi connectivity index (χ1v) is 5.76. The predicted octanol–water partition coefficient (Wildman–Crippen LogP) is 1.87. The normalized spacial score (nSPS) is 21.8. The van der Waals surface area contributed by atoms with Crippen LogP contribution in [0.1, 0.15) is 16.8 Å². The number of thiol groups is 1. The van der Waals surface area contributed by atoms with E-state index in [1.165, 1.54) is 0 Å². The van der Waals surface area contributed by atoms with E-state index in [-0.39, 0.29) is 5.78 Å². The molecule has 0 radical (unpaired) electrons. The molecule has 1 aliphatic heterocycles. The lowest BCUT2D eigenvalue weighted by atomic mass is 10.1. The summed E-state index contributed by atoms with van der Waals surface area (Å²) in [5.74, 6) is 0.207. The van der Waals surface area contributed by atoms with E-state index in [4.69, 9.17) is 0 Å². The molecule has 1 fully saturated rings. The Morgan fingerprint density at radius 2 is 2.13 bits per heavy atom. The third kappa shape index (κ3) is 2.83. The van der Waals surface area contributed by atoms with E-state index in [1.807, 2.05) is 30.3 Å². The Morgan fingerprint density at radius 3 is 2.73 bits per heavy atom. The SMILES string of the molecule is O=C(CN1CC[C@H](S)C1)c1ccccc1. The van der Waals surface area contributed by atoms with E-state index in [9.17, 15) is 4.79 Å². The standard InChI is InChI=1S/C12H15NOS/c14-12(10-4-2-1-3-5-10)9-13-7-6-11(15)8-13/h1-5,11,15H,6-9H2/t11-/m0/s1. The van der Waals surface area contributed by atoms with Crippen LogP contribution in [0.4, 0.5) is 0 Å². The Morgan fingerprint density at radius 1 is 1.40 bits per heavy atom. The van der Waals surface area contributed by atoms with Crippen LogP contribution in [-0.4, -0.2) is 35.6 Å². The molecule has 1 heterocycles. The van der Waals surface area contributed by atoms with E-state index in [1.54, 1.807) is 0 Å². The Labute approximate surface area is 95.7 Å². The molecule has 0 aromatic heterocycles. The second kappa shape index (κ2) is 4.81. The van der Waals surface area contributed by atoms with Gasteiger partial charge in [-0.15, -0.1) is 0 Å². The molecule has 0 bridgehead atoms. The summed E-state index contributed by atoms with van der Waals surface area (Å²) in [7, 11) is 0. The van der Waals surface area contributed by atoms with Crippen LogP contribution in [0.2, 0.25) is 0 Å². The van der Waals surface area contributed by atoms with E-state index >= 15 is 0 Å². The first-order chi connectivity index (χ1) is 7.25. The molecule has 0 N–H and O–H groups in total. The number of likely N-dealkylation sites (tertiary alicyclic amines) is 1. The molecule has 1 saturated heterocycles. The van der Waals surface area contributed by atoms with Crippen molar-refractivity contribution in [1.29, 1.82) is 0 Å². The fourth-order valence-corrected chi connectivity index (χ4v) is 2.22. The van der Waals surface area contributed by atoms with E-state index < -0.39 is 0 Å². The van der Waals surface area contributed by atoms with Crippen LogP contribution in [0, 0.1) is 0 Å². The number of Topliss-reactive ketones (excluding diaryl/α,β-unsaturated/α-hetero) is 1. The molecule has 0 aliphatic carbocycles. The first kappa shape index (κ1) is 10.7. The number of carbonyl (C=O) groups is 1. The van der Waals surface area contributed by atoms with Crippen molar-refractivity contribution in [2.24, 2.45) is 0 Å². The average molecular weight is 221 g/mol. The maximum Gasteiger partial charge on any atom is 0.176 e. The molecule has 1 aromatic rings. The van der Waals surface area contributed by atoms with Crippen LogP contribution in [0.25, 0.3) is 0 Å². The van der Waals surface area contributed by atoms with Crippen LogP contribution >= 0.6 is 12.6 Å². The van der Waals surface area contributed by atoms with Gasteiger partial charge in [0.1, 0.15) is 0 Å². The molecule has 0 amide bonds. The highest BCUT2D eigenvalue weighted by molar-refractivity contribution is 7.81. The molecule has 80 valence electrons. The number of rotatable bonds is 3. The van der Waals surface area contributed by atoms with Crippen molar-refractivity contribution in [3.05, 3.63) is 35.9 Å². The van der Waals surface area contributed by atoms with Gasteiger partial charge in [-0.3, -0.25) is 9.69 Å². The lowest BCUT2D eigenvalue weighted by Gasteiger charge is -2.13. The van der Waals surface area contributed by atoms with E-state index in [0.717, 1.165) is 25.1 Å². The molecule has 3 heteroatoms. The number of nitrogens with zero attached hydrogens (tertiary/aromatic N) is 1. The van der Waals surface area contributed by atoms with Crippen molar-refractivity contribution in [2.45, 2.75) is 11.7 Å². The summed E-state index contributed by atoms with van der Waals surface area (Å²) in [6.07, 6.45) is 1.09. The quantitative estimate of drug-likeness (QED) is 0.621. The van der Waals surface area contributed by atoms with Crippen molar-refractivity contribution in [1.82, 2.24) is 4.90 Å². The molecular weight excluding hydrogens is 206 g/mol. The minimum absolute atomic E-state index is 0.207. The van der Waals surface area contributed by atoms with Crippen molar-refractivity contribution in [3.63, 3.8) is 0 Å². The van der Waals surface area contributed by atoms with Crippen molar-refractivity contribution < 1.29 is 4.79 Å². The monoisotopic (exact) mass is 221 g/mol. The molecule has 1 aliphatic rings. The summed E-state index contributed by atoms with van der Waals surface area (Å²) in [6, 6.07) is 9.47. The zero-order valence-corrected chi connectivity index (χ0v) is 9.49. The van der Waals surface area contributed by atoms with Crippen molar-refractivity contribution >= 4 is 18.4 Å². The van der Waals surface area contributed by atoms with Gasteiger partial charge in [0.2, 0.25) is 0 Å². The third-order valence-electron chi connectivity index (χ3n) is 2.71. The number of benzene rings is 1. The van der Waals surface area contributed by atoms with E-state index in [0.29, 0.717) is 11.8 Å². The molecule has 2 rings (SSSR count). The molecule has 0 spiro atoms. The molecule has 0 unspecified atom stereocenters. The third-order valence-corrected chi connectivity index (χ3v) is 3.13. The van der Waals surface area contributed by atoms with Gasteiger partial charge in [-0.1, -0.05) is 30.3 Å². The maximum atomic E-state index is 11.8.